The number of rotatable bonds is 5. The van der Waals surface area contributed by atoms with E-state index in [-0.39, 0.29) is 5.56 Å². The quantitative estimate of drug-likeness (QED) is 0.558. The summed E-state index contributed by atoms with van der Waals surface area (Å²) in [6.07, 6.45) is 2.00. The summed E-state index contributed by atoms with van der Waals surface area (Å²) in [6, 6.07) is 4.06. The maximum absolute atomic E-state index is 12.6. The molecule has 0 saturated carbocycles. The largest absolute Gasteiger partial charge is 0.322 e. The lowest BCUT2D eigenvalue weighted by molar-refractivity contribution is -1.02. The predicted octanol–water partition coefficient (Wildman–Crippen LogP) is 0.183. The first-order valence-electron chi connectivity index (χ1n) is 8.57. The molecule has 1 aliphatic heterocycles. The van der Waals surface area contributed by atoms with Crippen LogP contribution in [0.5, 0.6) is 0 Å². The molecular formula is C18H22N4OS2+2. The fourth-order valence-electron chi connectivity index (χ4n) is 3.47. The minimum absolute atomic E-state index is 0.0139. The van der Waals surface area contributed by atoms with Gasteiger partial charge in [0, 0.05) is 15.8 Å². The number of quaternary nitrogens is 2. The minimum atomic E-state index is -0.0139. The van der Waals surface area contributed by atoms with Crippen LogP contribution in [0.4, 0.5) is 0 Å². The summed E-state index contributed by atoms with van der Waals surface area (Å²) in [5, 5.41) is 4.81. The van der Waals surface area contributed by atoms with Crippen LogP contribution in [0.15, 0.2) is 40.3 Å². The molecule has 7 heteroatoms. The van der Waals surface area contributed by atoms with Gasteiger partial charge in [-0.25, -0.2) is 4.98 Å². The number of aromatic nitrogens is 2. The van der Waals surface area contributed by atoms with Crippen LogP contribution in [0.1, 0.15) is 5.82 Å². The Morgan fingerprint density at radius 3 is 2.76 bits per heavy atom. The molecule has 25 heavy (non-hydrogen) atoms. The first kappa shape index (κ1) is 16.7. The maximum Gasteiger partial charge on any atom is 0.260 e. The molecule has 0 atom stereocenters. The summed E-state index contributed by atoms with van der Waals surface area (Å²) in [5.41, 5.74) is 0.990. The van der Waals surface area contributed by atoms with Gasteiger partial charge in [0.1, 0.15) is 37.6 Å². The normalized spacial score (nSPS) is 20.8. The molecule has 4 rings (SSSR count). The van der Waals surface area contributed by atoms with E-state index in [2.05, 4.69) is 17.6 Å². The number of piperazine rings is 1. The Morgan fingerprint density at radius 1 is 1.24 bits per heavy atom. The number of aromatic amines is 1. The second kappa shape index (κ2) is 7.21. The van der Waals surface area contributed by atoms with Gasteiger partial charge in [0.05, 0.1) is 11.9 Å². The summed E-state index contributed by atoms with van der Waals surface area (Å²) in [5.74, 6) is 0.805. The Balaban J connectivity index is 1.54. The molecule has 0 spiro atoms. The maximum atomic E-state index is 12.6. The molecule has 1 saturated heterocycles. The molecule has 5 nitrogen and oxygen atoms in total. The van der Waals surface area contributed by atoms with E-state index < -0.39 is 0 Å². The van der Waals surface area contributed by atoms with E-state index in [4.69, 9.17) is 4.98 Å². The van der Waals surface area contributed by atoms with E-state index in [9.17, 15) is 4.79 Å². The van der Waals surface area contributed by atoms with Crippen LogP contribution in [0.25, 0.3) is 20.7 Å². The van der Waals surface area contributed by atoms with Crippen molar-refractivity contribution in [3.05, 3.63) is 51.7 Å². The fourth-order valence-corrected chi connectivity index (χ4v) is 5.25. The molecule has 0 aromatic carbocycles. The highest BCUT2D eigenvalue weighted by molar-refractivity contribution is 7.18. The molecule has 130 valence electrons. The molecule has 0 amide bonds. The summed E-state index contributed by atoms with van der Waals surface area (Å²) in [7, 11) is 0. The van der Waals surface area contributed by atoms with E-state index in [1.54, 1.807) is 27.6 Å². The molecule has 0 radical (unpaired) electrons. The molecule has 3 N–H and O–H groups in total. The van der Waals surface area contributed by atoms with Gasteiger partial charge in [0.2, 0.25) is 0 Å². The first-order chi connectivity index (χ1) is 12.2. The zero-order valence-corrected chi connectivity index (χ0v) is 15.6. The van der Waals surface area contributed by atoms with E-state index in [0.717, 1.165) is 65.8 Å². The number of H-pyrrole nitrogens is 1. The van der Waals surface area contributed by atoms with Gasteiger partial charge in [-0.05, 0) is 17.5 Å². The van der Waals surface area contributed by atoms with Crippen molar-refractivity contribution in [2.24, 2.45) is 0 Å². The van der Waals surface area contributed by atoms with Gasteiger partial charge in [-0.3, -0.25) is 4.79 Å². The van der Waals surface area contributed by atoms with Crippen molar-refractivity contribution in [3.63, 3.8) is 0 Å². The van der Waals surface area contributed by atoms with E-state index >= 15 is 0 Å². The van der Waals surface area contributed by atoms with Crippen molar-refractivity contribution in [2.75, 3.05) is 32.7 Å². The Hall–Kier alpha value is -1.80. The number of fused-ring (bicyclic) bond motifs is 1. The van der Waals surface area contributed by atoms with Gasteiger partial charge in [-0.15, -0.1) is 22.7 Å². The molecule has 4 heterocycles. The van der Waals surface area contributed by atoms with Crippen molar-refractivity contribution in [1.82, 2.24) is 9.97 Å². The van der Waals surface area contributed by atoms with Crippen LogP contribution < -0.4 is 15.4 Å². The first-order valence-corrected chi connectivity index (χ1v) is 10.3. The molecule has 0 aliphatic carbocycles. The third kappa shape index (κ3) is 3.46. The minimum Gasteiger partial charge on any atom is -0.322 e. The lowest BCUT2D eigenvalue weighted by atomic mass is 10.2. The van der Waals surface area contributed by atoms with Crippen LogP contribution in [0.3, 0.4) is 0 Å². The Labute approximate surface area is 154 Å². The van der Waals surface area contributed by atoms with Gasteiger partial charge < -0.3 is 14.8 Å². The summed E-state index contributed by atoms with van der Waals surface area (Å²) < 4.78 is 0. The van der Waals surface area contributed by atoms with Gasteiger partial charge in [-0.2, -0.15) is 0 Å². The number of hydrogen-bond donors (Lipinski definition) is 3. The second-order valence-electron chi connectivity index (χ2n) is 6.49. The average molecular weight is 375 g/mol. The lowest BCUT2D eigenvalue weighted by Gasteiger charge is -2.28. The topological polar surface area (TPSA) is 54.6 Å². The van der Waals surface area contributed by atoms with Gasteiger partial charge in [0.25, 0.3) is 5.56 Å². The molecule has 1 fully saturated rings. The standard InChI is InChI=1S/C18H20N4OS2/c1-2-5-21-6-8-22(9-7-21)11-15-19-17(23)16-13(12-25-18(16)20-15)14-4-3-10-24-14/h2-4,10,12H,1,5-9,11H2,(H,19,20,23)/p+2. The predicted molar refractivity (Wildman–Crippen MR) is 104 cm³/mol. The van der Waals surface area contributed by atoms with Crippen molar-refractivity contribution < 1.29 is 9.80 Å². The summed E-state index contributed by atoms with van der Waals surface area (Å²) in [4.78, 5) is 25.5. The molecule has 1 aliphatic rings. The number of nitrogens with one attached hydrogen (secondary N) is 3. The monoisotopic (exact) mass is 374 g/mol. The fraction of sp³-hybridized carbons (Fsp3) is 0.333. The van der Waals surface area contributed by atoms with Gasteiger partial charge in [0.15, 0.2) is 5.82 Å². The zero-order chi connectivity index (χ0) is 17.2. The highest BCUT2D eigenvalue weighted by Crippen LogP contribution is 2.33. The Bertz CT molecular complexity index is 920. The van der Waals surface area contributed by atoms with Gasteiger partial charge >= 0.3 is 0 Å². The van der Waals surface area contributed by atoms with E-state index in [1.165, 1.54) is 4.90 Å². The second-order valence-corrected chi connectivity index (χ2v) is 8.29. The highest BCUT2D eigenvalue weighted by atomic mass is 32.1. The van der Waals surface area contributed by atoms with Crippen LogP contribution in [-0.2, 0) is 6.54 Å². The SMILES string of the molecule is C=CC[NH+]1CC[NH+](Cc2nc3scc(-c4cccs4)c3c(=O)[nH]2)CC1. The van der Waals surface area contributed by atoms with Crippen LogP contribution in [-0.4, -0.2) is 42.7 Å². The van der Waals surface area contributed by atoms with Crippen LogP contribution in [0, 0.1) is 0 Å². The van der Waals surface area contributed by atoms with Crippen LogP contribution >= 0.6 is 22.7 Å². The molecule has 3 aromatic rings. The Morgan fingerprint density at radius 2 is 2.04 bits per heavy atom. The Kier molecular flexibility index (Phi) is 4.80. The lowest BCUT2D eigenvalue weighted by Crippen LogP contribution is -3.27. The smallest absolute Gasteiger partial charge is 0.260 e. The molecular weight excluding hydrogens is 352 g/mol. The summed E-state index contributed by atoms with van der Waals surface area (Å²) >= 11 is 3.21. The third-order valence-electron chi connectivity index (χ3n) is 4.79. The highest BCUT2D eigenvalue weighted by Gasteiger charge is 2.23. The number of thiophene rings is 2. The van der Waals surface area contributed by atoms with E-state index in [0.29, 0.717) is 0 Å². The molecule has 0 bridgehead atoms. The van der Waals surface area contributed by atoms with Crippen molar-refractivity contribution in [1.29, 1.82) is 0 Å². The number of nitrogens with zero attached hydrogens (tertiary/aromatic N) is 1. The van der Waals surface area contributed by atoms with Crippen molar-refractivity contribution in [2.45, 2.75) is 6.54 Å². The van der Waals surface area contributed by atoms with Crippen LogP contribution in [0.2, 0.25) is 0 Å². The molecule has 3 aromatic heterocycles. The summed E-state index contributed by atoms with van der Waals surface area (Å²) in [6.45, 7) is 10.2. The van der Waals surface area contributed by atoms with Crippen molar-refractivity contribution in [3.8, 4) is 10.4 Å². The number of hydrogen-bond acceptors (Lipinski definition) is 4. The zero-order valence-electron chi connectivity index (χ0n) is 14.0. The molecule has 0 unspecified atom stereocenters. The van der Waals surface area contributed by atoms with Gasteiger partial charge in [-0.1, -0.05) is 12.6 Å². The third-order valence-corrected chi connectivity index (χ3v) is 6.57. The van der Waals surface area contributed by atoms with Crippen molar-refractivity contribution >= 4 is 32.9 Å². The average Bonchev–Trinajstić information content (AvgIpc) is 3.26. The van der Waals surface area contributed by atoms with E-state index in [1.807, 2.05) is 22.9 Å².